The number of nitrogens with zero attached hydrogens (tertiary/aromatic N) is 1. The van der Waals surface area contributed by atoms with E-state index in [1.165, 1.54) is 24.5 Å². The van der Waals surface area contributed by atoms with Crippen LogP contribution in [-0.4, -0.2) is 25.9 Å². The highest BCUT2D eigenvalue weighted by molar-refractivity contribution is 7.91. The van der Waals surface area contributed by atoms with Crippen molar-refractivity contribution in [2.45, 2.75) is 17.1 Å². The van der Waals surface area contributed by atoms with Crippen LogP contribution in [0.25, 0.3) is 0 Å². The van der Waals surface area contributed by atoms with E-state index in [1.807, 2.05) is 13.0 Å². The summed E-state index contributed by atoms with van der Waals surface area (Å²) >= 11 is 0. The highest BCUT2D eigenvalue weighted by Crippen LogP contribution is 2.28. The second-order valence-electron chi connectivity index (χ2n) is 6.35. The van der Waals surface area contributed by atoms with Crippen LogP contribution in [-0.2, 0) is 9.84 Å². The Balaban J connectivity index is 1.90. The van der Waals surface area contributed by atoms with Crippen LogP contribution in [0.4, 0.5) is 4.39 Å². The van der Waals surface area contributed by atoms with E-state index in [2.05, 4.69) is 10.3 Å². The average molecular weight is 398 g/mol. The number of benzene rings is 2. The molecule has 0 fully saturated rings. The second-order valence-corrected chi connectivity index (χ2v) is 8.48. The van der Waals surface area contributed by atoms with Crippen molar-refractivity contribution in [1.29, 1.82) is 0 Å². The zero-order valence-electron chi connectivity index (χ0n) is 15.2. The van der Waals surface area contributed by atoms with Crippen molar-refractivity contribution >= 4 is 15.7 Å². The lowest BCUT2D eigenvalue weighted by atomic mass is 10.1. The van der Waals surface area contributed by atoms with Gasteiger partial charge in [-0.05, 0) is 55.0 Å². The standard InChI is InChI=1S/C21H19FN2O3S/c1-15-4-2-5-16(12-15)21(25)24-14-20(17-6-3-11-23-13-17)28(26,27)19-9-7-18(22)8-10-19/h2-13,20H,14H2,1H3,(H,24,25)/t20-/m0/s1. The van der Waals surface area contributed by atoms with Crippen LogP contribution in [0.1, 0.15) is 26.7 Å². The van der Waals surface area contributed by atoms with Crippen LogP contribution in [0.3, 0.4) is 0 Å². The van der Waals surface area contributed by atoms with Gasteiger partial charge in [0, 0.05) is 24.5 Å². The van der Waals surface area contributed by atoms with Gasteiger partial charge in [-0.1, -0.05) is 23.8 Å². The van der Waals surface area contributed by atoms with Crippen LogP contribution >= 0.6 is 0 Å². The summed E-state index contributed by atoms with van der Waals surface area (Å²) in [6, 6.07) is 14.9. The number of carbonyl (C=O) groups is 1. The van der Waals surface area contributed by atoms with Gasteiger partial charge in [0.2, 0.25) is 0 Å². The Morgan fingerprint density at radius 2 is 1.86 bits per heavy atom. The molecule has 0 unspecified atom stereocenters. The van der Waals surface area contributed by atoms with Gasteiger partial charge < -0.3 is 5.32 Å². The minimum atomic E-state index is -3.88. The summed E-state index contributed by atoms with van der Waals surface area (Å²) in [4.78, 5) is 16.4. The van der Waals surface area contributed by atoms with E-state index in [-0.39, 0.29) is 17.3 Å². The van der Waals surface area contributed by atoms with Crippen molar-refractivity contribution in [1.82, 2.24) is 10.3 Å². The van der Waals surface area contributed by atoms with Crippen molar-refractivity contribution in [3.8, 4) is 0 Å². The number of rotatable bonds is 6. The third-order valence-electron chi connectivity index (χ3n) is 4.30. The lowest BCUT2D eigenvalue weighted by Crippen LogP contribution is -2.32. The smallest absolute Gasteiger partial charge is 0.251 e. The van der Waals surface area contributed by atoms with Crippen LogP contribution in [0.5, 0.6) is 0 Å². The maximum atomic E-state index is 13.2. The number of aryl methyl sites for hydroxylation is 1. The number of aromatic nitrogens is 1. The Morgan fingerprint density at radius 1 is 1.11 bits per heavy atom. The lowest BCUT2D eigenvalue weighted by molar-refractivity contribution is 0.0953. The summed E-state index contributed by atoms with van der Waals surface area (Å²) in [6.45, 7) is 1.73. The molecule has 1 heterocycles. The average Bonchev–Trinajstić information content (AvgIpc) is 2.69. The van der Waals surface area contributed by atoms with Crippen molar-refractivity contribution in [2.75, 3.05) is 6.54 Å². The molecule has 5 nitrogen and oxygen atoms in total. The van der Waals surface area contributed by atoms with Gasteiger partial charge >= 0.3 is 0 Å². The molecular formula is C21H19FN2O3S. The van der Waals surface area contributed by atoms with E-state index in [9.17, 15) is 17.6 Å². The molecule has 0 saturated heterocycles. The molecule has 3 aromatic rings. The minimum Gasteiger partial charge on any atom is -0.350 e. The van der Waals surface area contributed by atoms with Crippen LogP contribution in [0.2, 0.25) is 0 Å². The first-order valence-electron chi connectivity index (χ1n) is 8.62. The zero-order valence-corrected chi connectivity index (χ0v) is 16.0. The molecule has 0 aliphatic heterocycles. The molecular weight excluding hydrogens is 379 g/mol. The summed E-state index contributed by atoms with van der Waals surface area (Å²) in [5.41, 5.74) is 1.82. The third kappa shape index (κ3) is 4.43. The molecule has 0 bridgehead atoms. The summed E-state index contributed by atoms with van der Waals surface area (Å²) in [7, 11) is -3.88. The molecule has 7 heteroatoms. The number of hydrogen-bond acceptors (Lipinski definition) is 4. The van der Waals surface area contributed by atoms with Crippen molar-refractivity contribution in [3.63, 3.8) is 0 Å². The zero-order chi connectivity index (χ0) is 20.1. The predicted molar refractivity (Wildman–Crippen MR) is 104 cm³/mol. The number of amides is 1. The maximum Gasteiger partial charge on any atom is 0.251 e. The van der Waals surface area contributed by atoms with Gasteiger partial charge in [0.25, 0.3) is 5.91 Å². The van der Waals surface area contributed by atoms with E-state index in [0.29, 0.717) is 11.1 Å². The Bertz CT molecular complexity index is 1070. The fourth-order valence-electron chi connectivity index (χ4n) is 2.84. The largest absolute Gasteiger partial charge is 0.350 e. The predicted octanol–water partition coefficient (Wildman–Crippen LogP) is 3.47. The van der Waals surface area contributed by atoms with E-state index in [1.54, 1.807) is 30.3 Å². The summed E-state index contributed by atoms with van der Waals surface area (Å²) in [6.07, 6.45) is 2.99. The Morgan fingerprint density at radius 3 is 2.50 bits per heavy atom. The maximum absolute atomic E-state index is 13.2. The van der Waals surface area contributed by atoms with Crippen molar-refractivity contribution in [3.05, 3.63) is 95.6 Å². The molecule has 0 spiro atoms. The first kappa shape index (κ1) is 19.7. The van der Waals surface area contributed by atoms with Gasteiger partial charge in [-0.15, -0.1) is 0 Å². The van der Waals surface area contributed by atoms with E-state index >= 15 is 0 Å². The van der Waals surface area contributed by atoms with Gasteiger partial charge in [0.15, 0.2) is 9.84 Å². The number of pyridine rings is 1. The van der Waals surface area contributed by atoms with Gasteiger partial charge in [0.05, 0.1) is 4.90 Å². The fraction of sp³-hybridized carbons (Fsp3) is 0.143. The fourth-order valence-corrected chi connectivity index (χ4v) is 4.48. The first-order valence-corrected chi connectivity index (χ1v) is 10.2. The van der Waals surface area contributed by atoms with Gasteiger partial charge in [-0.25, -0.2) is 12.8 Å². The summed E-state index contributed by atoms with van der Waals surface area (Å²) in [5.74, 6) is -0.892. The molecule has 28 heavy (non-hydrogen) atoms. The number of hydrogen-bond donors (Lipinski definition) is 1. The number of sulfone groups is 1. The molecule has 1 atom stereocenters. The molecule has 1 N–H and O–H groups in total. The van der Waals surface area contributed by atoms with Gasteiger partial charge in [-0.3, -0.25) is 9.78 Å². The van der Waals surface area contributed by atoms with E-state index in [0.717, 1.165) is 17.7 Å². The number of halogens is 1. The lowest BCUT2D eigenvalue weighted by Gasteiger charge is -2.19. The van der Waals surface area contributed by atoms with Crippen LogP contribution in [0.15, 0.2) is 78.0 Å². The molecule has 0 saturated carbocycles. The molecule has 1 amide bonds. The Kier molecular flexibility index (Phi) is 5.84. The quantitative estimate of drug-likeness (QED) is 0.645. The third-order valence-corrected chi connectivity index (χ3v) is 6.42. The number of carbonyl (C=O) groups excluding carboxylic acids is 1. The molecule has 0 aliphatic rings. The first-order chi connectivity index (χ1) is 13.4. The van der Waals surface area contributed by atoms with E-state index in [4.69, 9.17) is 0 Å². The van der Waals surface area contributed by atoms with Gasteiger partial charge in [-0.2, -0.15) is 0 Å². The summed E-state index contributed by atoms with van der Waals surface area (Å²) < 4.78 is 39.5. The molecule has 2 aromatic carbocycles. The SMILES string of the molecule is Cc1cccc(C(=O)NC[C@@H](c2cccnc2)S(=O)(=O)c2ccc(F)cc2)c1. The minimum absolute atomic E-state index is 0.0208. The molecule has 144 valence electrons. The normalized spacial score (nSPS) is 12.4. The van der Waals surface area contributed by atoms with E-state index < -0.39 is 20.9 Å². The highest BCUT2D eigenvalue weighted by Gasteiger charge is 2.30. The van der Waals surface area contributed by atoms with Gasteiger partial charge in [0.1, 0.15) is 11.1 Å². The molecule has 0 aliphatic carbocycles. The van der Waals surface area contributed by atoms with Crippen molar-refractivity contribution < 1.29 is 17.6 Å². The van der Waals surface area contributed by atoms with Crippen molar-refractivity contribution in [2.24, 2.45) is 0 Å². The molecule has 1 aromatic heterocycles. The monoisotopic (exact) mass is 398 g/mol. The second kappa shape index (κ2) is 8.31. The van der Waals surface area contributed by atoms with Crippen LogP contribution < -0.4 is 5.32 Å². The topological polar surface area (TPSA) is 76.1 Å². The Labute approximate surface area is 163 Å². The summed E-state index contributed by atoms with van der Waals surface area (Å²) in [5, 5.41) is 1.64. The van der Waals surface area contributed by atoms with Crippen LogP contribution in [0, 0.1) is 12.7 Å². The molecule has 0 radical (unpaired) electrons. The highest BCUT2D eigenvalue weighted by atomic mass is 32.2. The Hall–Kier alpha value is -3.06. The number of nitrogens with one attached hydrogen (secondary N) is 1. The molecule has 3 rings (SSSR count).